The summed E-state index contributed by atoms with van der Waals surface area (Å²) in [6, 6.07) is 9.59. The van der Waals surface area contributed by atoms with Gasteiger partial charge in [-0.2, -0.15) is 0 Å². The van der Waals surface area contributed by atoms with Crippen molar-refractivity contribution in [3.63, 3.8) is 0 Å². The van der Waals surface area contributed by atoms with Gasteiger partial charge in [-0.15, -0.1) is 0 Å². The second-order valence-corrected chi connectivity index (χ2v) is 4.30. The van der Waals surface area contributed by atoms with E-state index in [0.29, 0.717) is 12.9 Å². The standard InChI is InChI=1S/C14H18O3/c1-11(2)14(16)8-13(9-15)17-10-12-6-4-3-5-7-12/h3-7,9,11,13H,8,10H2,1-2H3/t13-/m1/s1. The third-order valence-electron chi connectivity index (χ3n) is 2.51. The fraction of sp³-hybridized carbons (Fsp3) is 0.429. The van der Waals surface area contributed by atoms with E-state index in [1.165, 1.54) is 0 Å². The van der Waals surface area contributed by atoms with Crippen LogP contribution in [0.2, 0.25) is 0 Å². The first-order valence-electron chi connectivity index (χ1n) is 5.77. The van der Waals surface area contributed by atoms with Gasteiger partial charge in [0.15, 0.2) is 0 Å². The largest absolute Gasteiger partial charge is 0.366 e. The lowest BCUT2D eigenvalue weighted by Crippen LogP contribution is -2.21. The molecule has 0 unspecified atom stereocenters. The van der Waals surface area contributed by atoms with Crippen molar-refractivity contribution in [1.29, 1.82) is 0 Å². The van der Waals surface area contributed by atoms with Gasteiger partial charge in [0.05, 0.1) is 6.61 Å². The van der Waals surface area contributed by atoms with Crippen LogP contribution in [-0.4, -0.2) is 18.2 Å². The average molecular weight is 234 g/mol. The Balaban J connectivity index is 2.43. The number of carbonyl (C=O) groups is 2. The lowest BCUT2D eigenvalue weighted by Gasteiger charge is -2.12. The molecule has 0 aliphatic rings. The van der Waals surface area contributed by atoms with Crippen molar-refractivity contribution in [3.05, 3.63) is 35.9 Å². The Bertz CT molecular complexity index is 357. The average Bonchev–Trinajstić information content (AvgIpc) is 2.35. The molecule has 0 aromatic heterocycles. The quantitative estimate of drug-likeness (QED) is 0.680. The summed E-state index contributed by atoms with van der Waals surface area (Å²) in [4.78, 5) is 22.3. The monoisotopic (exact) mass is 234 g/mol. The first-order valence-corrected chi connectivity index (χ1v) is 5.77. The first kappa shape index (κ1) is 13.6. The van der Waals surface area contributed by atoms with Crippen LogP contribution < -0.4 is 0 Å². The second-order valence-electron chi connectivity index (χ2n) is 4.30. The van der Waals surface area contributed by atoms with Gasteiger partial charge in [-0.1, -0.05) is 44.2 Å². The molecule has 0 fully saturated rings. The molecule has 0 radical (unpaired) electrons. The molecule has 3 heteroatoms. The Labute approximate surface area is 102 Å². The third kappa shape index (κ3) is 4.91. The molecule has 0 aliphatic heterocycles. The summed E-state index contributed by atoms with van der Waals surface area (Å²) < 4.78 is 5.41. The zero-order valence-corrected chi connectivity index (χ0v) is 10.3. The van der Waals surface area contributed by atoms with Crippen LogP contribution in [0.1, 0.15) is 25.8 Å². The van der Waals surface area contributed by atoms with Crippen molar-refractivity contribution < 1.29 is 14.3 Å². The molecular formula is C14H18O3. The highest BCUT2D eigenvalue weighted by atomic mass is 16.5. The highest BCUT2D eigenvalue weighted by molar-refractivity contribution is 5.83. The lowest BCUT2D eigenvalue weighted by molar-refractivity contribution is -0.130. The SMILES string of the molecule is CC(C)C(=O)C[C@H](C=O)OCc1ccccc1. The molecule has 1 aromatic carbocycles. The number of rotatable bonds is 7. The Kier molecular flexibility index (Phi) is 5.57. The topological polar surface area (TPSA) is 43.4 Å². The van der Waals surface area contributed by atoms with Crippen LogP contribution in [0.15, 0.2) is 30.3 Å². The molecule has 17 heavy (non-hydrogen) atoms. The van der Waals surface area contributed by atoms with Crippen molar-refractivity contribution in [2.75, 3.05) is 0 Å². The third-order valence-corrected chi connectivity index (χ3v) is 2.51. The molecule has 0 spiro atoms. The molecule has 0 saturated carbocycles. The molecule has 0 saturated heterocycles. The number of ketones is 1. The molecule has 0 aliphatic carbocycles. The van der Waals surface area contributed by atoms with Crippen LogP contribution in [0.25, 0.3) is 0 Å². The normalized spacial score (nSPS) is 12.4. The summed E-state index contributed by atoms with van der Waals surface area (Å²) >= 11 is 0. The summed E-state index contributed by atoms with van der Waals surface area (Å²) in [5.74, 6) is -0.00654. The number of hydrogen-bond acceptors (Lipinski definition) is 3. The zero-order chi connectivity index (χ0) is 12.7. The molecule has 0 N–H and O–H groups in total. The van der Waals surface area contributed by atoms with Gasteiger partial charge in [-0.3, -0.25) is 4.79 Å². The van der Waals surface area contributed by atoms with E-state index < -0.39 is 6.10 Å². The van der Waals surface area contributed by atoms with Crippen LogP contribution in [0, 0.1) is 5.92 Å². The fourth-order valence-corrected chi connectivity index (χ4v) is 1.36. The minimum absolute atomic E-state index is 0.0511. The highest BCUT2D eigenvalue weighted by Crippen LogP contribution is 2.08. The summed E-state index contributed by atoms with van der Waals surface area (Å²) in [5.41, 5.74) is 0.997. The molecule has 0 heterocycles. The number of aldehydes is 1. The van der Waals surface area contributed by atoms with Crippen LogP contribution in [-0.2, 0) is 20.9 Å². The minimum atomic E-state index is -0.634. The molecule has 0 amide bonds. The van der Waals surface area contributed by atoms with E-state index in [-0.39, 0.29) is 18.1 Å². The molecular weight excluding hydrogens is 216 g/mol. The second kappa shape index (κ2) is 6.97. The van der Waals surface area contributed by atoms with Gasteiger partial charge in [0.2, 0.25) is 0 Å². The van der Waals surface area contributed by atoms with E-state index in [1.807, 2.05) is 44.2 Å². The van der Waals surface area contributed by atoms with Crippen LogP contribution in [0.4, 0.5) is 0 Å². The maximum atomic E-state index is 11.5. The van der Waals surface area contributed by atoms with E-state index in [0.717, 1.165) is 5.56 Å². The van der Waals surface area contributed by atoms with Gasteiger partial charge in [-0.25, -0.2) is 0 Å². The number of hydrogen-bond donors (Lipinski definition) is 0. The molecule has 0 bridgehead atoms. The van der Waals surface area contributed by atoms with E-state index in [2.05, 4.69) is 0 Å². The van der Waals surface area contributed by atoms with Gasteiger partial charge < -0.3 is 9.53 Å². The molecule has 92 valence electrons. The number of benzene rings is 1. The van der Waals surface area contributed by atoms with Crippen molar-refractivity contribution >= 4 is 12.1 Å². The van der Waals surface area contributed by atoms with Crippen molar-refractivity contribution in [3.8, 4) is 0 Å². The summed E-state index contributed by atoms with van der Waals surface area (Å²) in [7, 11) is 0. The Hall–Kier alpha value is -1.48. The number of Topliss-reactive ketones (excluding diaryl/α,β-unsaturated/α-hetero) is 1. The van der Waals surface area contributed by atoms with Crippen molar-refractivity contribution in [2.45, 2.75) is 33.0 Å². The van der Waals surface area contributed by atoms with Gasteiger partial charge in [0.1, 0.15) is 18.2 Å². The predicted octanol–water partition coefficient (Wildman–Crippen LogP) is 2.39. The van der Waals surface area contributed by atoms with E-state index in [9.17, 15) is 9.59 Å². The van der Waals surface area contributed by atoms with Crippen LogP contribution in [0.3, 0.4) is 0 Å². The van der Waals surface area contributed by atoms with Crippen molar-refractivity contribution in [1.82, 2.24) is 0 Å². The molecule has 1 aromatic rings. The summed E-state index contributed by atoms with van der Waals surface area (Å²) in [6.45, 7) is 4.00. The molecule has 1 rings (SSSR count). The first-order chi connectivity index (χ1) is 8.13. The van der Waals surface area contributed by atoms with Gasteiger partial charge >= 0.3 is 0 Å². The smallest absolute Gasteiger partial charge is 0.149 e. The predicted molar refractivity (Wildman–Crippen MR) is 65.5 cm³/mol. The fourth-order valence-electron chi connectivity index (χ4n) is 1.36. The Morgan fingerprint density at radius 1 is 1.29 bits per heavy atom. The van der Waals surface area contributed by atoms with Gasteiger partial charge in [-0.05, 0) is 5.56 Å². The highest BCUT2D eigenvalue weighted by Gasteiger charge is 2.16. The number of carbonyl (C=O) groups excluding carboxylic acids is 2. The lowest BCUT2D eigenvalue weighted by atomic mass is 10.0. The van der Waals surface area contributed by atoms with Gasteiger partial charge in [0.25, 0.3) is 0 Å². The summed E-state index contributed by atoms with van der Waals surface area (Å²) in [6.07, 6.45) is 0.224. The van der Waals surface area contributed by atoms with E-state index >= 15 is 0 Å². The number of ether oxygens (including phenoxy) is 1. The van der Waals surface area contributed by atoms with E-state index in [4.69, 9.17) is 4.74 Å². The Morgan fingerprint density at radius 2 is 1.94 bits per heavy atom. The Morgan fingerprint density at radius 3 is 2.47 bits per heavy atom. The van der Waals surface area contributed by atoms with Crippen LogP contribution >= 0.6 is 0 Å². The molecule has 3 nitrogen and oxygen atoms in total. The van der Waals surface area contributed by atoms with Gasteiger partial charge in [0, 0.05) is 12.3 Å². The molecule has 1 atom stereocenters. The zero-order valence-electron chi connectivity index (χ0n) is 10.3. The van der Waals surface area contributed by atoms with Crippen molar-refractivity contribution in [2.24, 2.45) is 5.92 Å². The maximum Gasteiger partial charge on any atom is 0.149 e. The summed E-state index contributed by atoms with van der Waals surface area (Å²) in [5, 5.41) is 0. The van der Waals surface area contributed by atoms with Crippen LogP contribution in [0.5, 0.6) is 0 Å². The minimum Gasteiger partial charge on any atom is -0.366 e. The van der Waals surface area contributed by atoms with E-state index in [1.54, 1.807) is 0 Å². The maximum absolute atomic E-state index is 11.5.